The first-order chi connectivity index (χ1) is 6.81. The van der Waals surface area contributed by atoms with E-state index in [1.165, 1.54) is 18.4 Å². The molecule has 1 rings (SSSR count). The number of hydrogen-bond donors (Lipinski definition) is 1. The zero-order valence-electron chi connectivity index (χ0n) is 9.45. The summed E-state index contributed by atoms with van der Waals surface area (Å²) in [6.45, 7) is 8.44. The second-order valence-electron chi connectivity index (χ2n) is 3.53. The molecule has 0 spiro atoms. The molecule has 0 aliphatic heterocycles. The second kappa shape index (κ2) is 5.81. The smallest absolute Gasteiger partial charge is 0.0537 e. The maximum Gasteiger partial charge on any atom is 0.0537 e. The largest absolute Gasteiger partial charge is 0.310 e. The first kappa shape index (κ1) is 11.2. The summed E-state index contributed by atoms with van der Waals surface area (Å²) in [5, 5.41) is 7.78. The fourth-order valence-corrected chi connectivity index (χ4v) is 1.65. The molecule has 0 aromatic carbocycles. The lowest BCUT2D eigenvalue weighted by Gasteiger charge is -2.14. The molecule has 0 amide bonds. The molecule has 80 valence electrons. The summed E-state index contributed by atoms with van der Waals surface area (Å²) in [6, 6.07) is 0.477. The SMILES string of the molecule is CCCC(NCC)c1cnn(CC)c1. The van der Waals surface area contributed by atoms with E-state index in [0.717, 1.165) is 13.1 Å². The third-order valence-corrected chi connectivity index (χ3v) is 2.41. The van der Waals surface area contributed by atoms with Crippen LogP contribution in [0.25, 0.3) is 0 Å². The minimum absolute atomic E-state index is 0.477. The van der Waals surface area contributed by atoms with E-state index in [4.69, 9.17) is 0 Å². The predicted octanol–water partition coefficient (Wildman–Crippen LogP) is 2.35. The van der Waals surface area contributed by atoms with Crippen molar-refractivity contribution in [2.45, 2.75) is 46.2 Å². The molecule has 1 N–H and O–H groups in total. The van der Waals surface area contributed by atoms with Crippen molar-refractivity contribution in [1.29, 1.82) is 0 Å². The average Bonchev–Trinajstić information content (AvgIpc) is 2.65. The fraction of sp³-hybridized carbons (Fsp3) is 0.727. The summed E-state index contributed by atoms with van der Waals surface area (Å²) in [6.07, 6.45) is 6.51. The number of nitrogens with zero attached hydrogens (tertiary/aromatic N) is 2. The topological polar surface area (TPSA) is 29.9 Å². The van der Waals surface area contributed by atoms with Crippen molar-refractivity contribution in [1.82, 2.24) is 15.1 Å². The molecule has 0 bridgehead atoms. The third-order valence-electron chi connectivity index (χ3n) is 2.41. The van der Waals surface area contributed by atoms with Crippen LogP contribution in [0.3, 0.4) is 0 Å². The van der Waals surface area contributed by atoms with Gasteiger partial charge in [0, 0.05) is 24.3 Å². The van der Waals surface area contributed by atoms with Crippen molar-refractivity contribution in [3.8, 4) is 0 Å². The normalized spacial score (nSPS) is 13.1. The van der Waals surface area contributed by atoms with E-state index in [0.29, 0.717) is 6.04 Å². The van der Waals surface area contributed by atoms with E-state index in [-0.39, 0.29) is 0 Å². The summed E-state index contributed by atoms with van der Waals surface area (Å²) >= 11 is 0. The zero-order chi connectivity index (χ0) is 10.4. The van der Waals surface area contributed by atoms with E-state index < -0.39 is 0 Å². The van der Waals surface area contributed by atoms with Gasteiger partial charge in [0.2, 0.25) is 0 Å². The number of hydrogen-bond acceptors (Lipinski definition) is 2. The van der Waals surface area contributed by atoms with E-state index in [1.807, 2.05) is 10.9 Å². The predicted molar refractivity (Wildman–Crippen MR) is 59.2 cm³/mol. The van der Waals surface area contributed by atoms with Crippen molar-refractivity contribution in [2.75, 3.05) is 6.54 Å². The van der Waals surface area contributed by atoms with Crippen molar-refractivity contribution in [3.05, 3.63) is 18.0 Å². The Labute approximate surface area is 86.5 Å². The van der Waals surface area contributed by atoms with Crippen LogP contribution in [0.15, 0.2) is 12.4 Å². The average molecular weight is 195 g/mol. The van der Waals surface area contributed by atoms with Gasteiger partial charge in [-0.3, -0.25) is 4.68 Å². The van der Waals surface area contributed by atoms with Crippen LogP contribution in [-0.2, 0) is 6.54 Å². The molecule has 0 radical (unpaired) electrons. The van der Waals surface area contributed by atoms with Gasteiger partial charge >= 0.3 is 0 Å². The highest BCUT2D eigenvalue weighted by Gasteiger charge is 2.10. The summed E-state index contributed by atoms with van der Waals surface area (Å²) < 4.78 is 1.98. The van der Waals surface area contributed by atoms with Crippen molar-refractivity contribution in [2.24, 2.45) is 0 Å². The van der Waals surface area contributed by atoms with Gasteiger partial charge in [0.15, 0.2) is 0 Å². The van der Waals surface area contributed by atoms with Gasteiger partial charge in [0.25, 0.3) is 0 Å². The molecular formula is C11H21N3. The van der Waals surface area contributed by atoms with E-state index in [2.05, 4.69) is 37.4 Å². The lowest BCUT2D eigenvalue weighted by molar-refractivity contribution is 0.508. The van der Waals surface area contributed by atoms with E-state index in [1.54, 1.807) is 0 Å². The first-order valence-corrected chi connectivity index (χ1v) is 5.57. The monoisotopic (exact) mass is 195 g/mol. The maximum absolute atomic E-state index is 4.30. The lowest BCUT2D eigenvalue weighted by Crippen LogP contribution is -2.20. The van der Waals surface area contributed by atoms with Gasteiger partial charge in [-0.15, -0.1) is 0 Å². The van der Waals surface area contributed by atoms with Crippen molar-refractivity contribution >= 4 is 0 Å². The van der Waals surface area contributed by atoms with Gasteiger partial charge < -0.3 is 5.32 Å². The first-order valence-electron chi connectivity index (χ1n) is 5.57. The van der Waals surface area contributed by atoms with Gasteiger partial charge in [0.1, 0.15) is 0 Å². The van der Waals surface area contributed by atoms with Gasteiger partial charge in [-0.05, 0) is 19.9 Å². The zero-order valence-corrected chi connectivity index (χ0v) is 9.45. The van der Waals surface area contributed by atoms with Crippen LogP contribution in [0.1, 0.15) is 45.2 Å². The highest BCUT2D eigenvalue weighted by molar-refractivity contribution is 5.10. The van der Waals surface area contributed by atoms with Crippen molar-refractivity contribution in [3.63, 3.8) is 0 Å². The second-order valence-corrected chi connectivity index (χ2v) is 3.53. The summed E-state index contributed by atoms with van der Waals surface area (Å²) in [4.78, 5) is 0. The molecule has 0 aliphatic rings. The minimum atomic E-state index is 0.477. The molecule has 1 heterocycles. The lowest BCUT2D eigenvalue weighted by atomic mass is 10.1. The Kier molecular flexibility index (Phi) is 4.66. The maximum atomic E-state index is 4.30. The Bertz CT molecular complexity index is 249. The van der Waals surface area contributed by atoms with Crippen LogP contribution < -0.4 is 5.32 Å². The minimum Gasteiger partial charge on any atom is -0.310 e. The van der Waals surface area contributed by atoms with Gasteiger partial charge in [-0.25, -0.2) is 0 Å². The molecule has 14 heavy (non-hydrogen) atoms. The Morgan fingerprint density at radius 2 is 2.21 bits per heavy atom. The van der Waals surface area contributed by atoms with Gasteiger partial charge in [0.05, 0.1) is 6.20 Å². The highest BCUT2D eigenvalue weighted by atomic mass is 15.3. The van der Waals surface area contributed by atoms with E-state index >= 15 is 0 Å². The molecule has 1 atom stereocenters. The quantitative estimate of drug-likeness (QED) is 0.755. The van der Waals surface area contributed by atoms with Gasteiger partial charge in [-0.2, -0.15) is 5.10 Å². The summed E-state index contributed by atoms with van der Waals surface area (Å²) in [5.74, 6) is 0. The van der Waals surface area contributed by atoms with E-state index in [9.17, 15) is 0 Å². The van der Waals surface area contributed by atoms with Crippen LogP contribution in [0.4, 0.5) is 0 Å². The molecule has 0 saturated heterocycles. The van der Waals surface area contributed by atoms with Crippen LogP contribution in [0.2, 0.25) is 0 Å². The van der Waals surface area contributed by atoms with Gasteiger partial charge in [-0.1, -0.05) is 20.3 Å². The fourth-order valence-electron chi connectivity index (χ4n) is 1.65. The Morgan fingerprint density at radius 3 is 2.71 bits per heavy atom. The highest BCUT2D eigenvalue weighted by Crippen LogP contribution is 2.17. The number of aromatic nitrogens is 2. The Balaban J connectivity index is 2.65. The number of rotatable bonds is 6. The molecule has 0 saturated carbocycles. The van der Waals surface area contributed by atoms with Crippen LogP contribution in [0.5, 0.6) is 0 Å². The molecular weight excluding hydrogens is 174 g/mol. The number of nitrogens with one attached hydrogen (secondary N) is 1. The Hall–Kier alpha value is -0.830. The molecule has 0 aliphatic carbocycles. The van der Waals surface area contributed by atoms with Crippen LogP contribution >= 0.6 is 0 Å². The molecule has 3 nitrogen and oxygen atoms in total. The third kappa shape index (κ3) is 2.84. The standard InChI is InChI=1S/C11H21N3/c1-4-7-11(12-5-2)10-8-13-14(6-3)9-10/h8-9,11-12H,4-7H2,1-3H3. The molecule has 1 aromatic heterocycles. The van der Waals surface area contributed by atoms with Crippen molar-refractivity contribution < 1.29 is 0 Å². The van der Waals surface area contributed by atoms with Crippen LogP contribution in [-0.4, -0.2) is 16.3 Å². The molecule has 3 heteroatoms. The van der Waals surface area contributed by atoms with Crippen LogP contribution in [0, 0.1) is 0 Å². The Morgan fingerprint density at radius 1 is 1.43 bits per heavy atom. The molecule has 1 unspecified atom stereocenters. The molecule has 0 fully saturated rings. The summed E-state index contributed by atoms with van der Waals surface area (Å²) in [7, 11) is 0. The summed E-state index contributed by atoms with van der Waals surface area (Å²) in [5.41, 5.74) is 1.32. The number of aryl methyl sites for hydroxylation is 1. The molecule has 1 aromatic rings.